The second-order valence-corrected chi connectivity index (χ2v) is 9.73. The van der Waals surface area contributed by atoms with Crippen LogP contribution in [-0.4, -0.2) is 60.9 Å². The van der Waals surface area contributed by atoms with Crippen molar-refractivity contribution in [1.82, 2.24) is 0 Å². The van der Waals surface area contributed by atoms with E-state index in [4.69, 9.17) is 9.47 Å². The molecular formula is C28H25F13O5. The van der Waals surface area contributed by atoms with Crippen molar-refractivity contribution < 1.29 is 80.9 Å². The van der Waals surface area contributed by atoms with Gasteiger partial charge in [-0.15, -0.1) is 0 Å². The van der Waals surface area contributed by atoms with Gasteiger partial charge in [0.15, 0.2) is 0 Å². The number of carbonyl (C=O) groups excluding carboxylic acids is 2. The minimum absolute atomic E-state index is 0.102. The maximum atomic E-state index is 13.9. The second-order valence-electron chi connectivity index (χ2n) is 9.73. The highest BCUT2D eigenvalue weighted by atomic mass is 19.4. The number of esters is 2. The highest BCUT2D eigenvalue weighted by Crippen LogP contribution is 2.60. The van der Waals surface area contributed by atoms with Gasteiger partial charge in [-0.05, 0) is 55.0 Å². The molecule has 0 aliphatic carbocycles. The van der Waals surface area contributed by atoms with Gasteiger partial charge in [0.25, 0.3) is 0 Å². The quantitative estimate of drug-likeness (QED) is 0.0762. The minimum atomic E-state index is -8.02. The van der Waals surface area contributed by atoms with Crippen LogP contribution >= 0.6 is 0 Å². The van der Waals surface area contributed by atoms with Crippen LogP contribution in [0.4, 0.5) is 57.1 Å². The Bertz CT molecular complexity index is 1310. The number of ether oxygens (including phenoxy) is 3. The second kappa shape index (κ2) is 14.4. The van der Waals surface area contributed by atoms with Gasteiger partial charge in [-0.25, -0.2) is 9.59 Å². The predicted octanol–water partition coefficient (Wildman–Crippen LogP) is 9.15. The number of halogens is 13. The zero-order valence-electron chi connectivity index (χ0n) is 23.5. The molecule has 0 heterocycles. The first-order valence-corrected chi connectivity index (χ1v) is 13.2. The fourth-order valence-corrected chi connectivity index (χ4v) is 3.55. The molecule has 0 fully saturated rings. The summed E-state index contributed by atoms with van der Waals surface area (Å²) in [6.07, 6.45) is -6.22. The minimum Gasteiger partial charge on any atom is -0.494 e. The summed E-state index contributed by atoms with van der Waals surface area (Å²) in [7, 11) is 0. The molecule has 0 amide bonds. The Balaban J connectivity index is 1.97. The summed E-state index contributed by atoms with van der Waals surface area (Å²) in [5.41, 5.74) is -0.401. The summed E-state index contributed by atoms with van der Waals surface area (Å²) >= 11 is 0. The molecule has 0 aliphatic rings. The van der Waals surface area contributed by atoms with Crippen molar-refractivity contribution in [2.24, 2.45) is 0 Å². The SMILES string of the molecule is CCCCCCOc1ccc(C(=O)Oc2ccc(C(=O)OCCC(F)(F)C(F)(F)C(F)(F)C(F)(F)C(F)(F)C(F)(F)F)cc2)cc1. The topological polar surface area (TPSA) is 61.8 Å². The molecule has 2 aromatic carbocycles. The van der Waals surface area contributed by atoms with Crippen molar-refractivity contribution in [3.05, 3.63) is 59.7 Å². The highest BCUT2D eigenvalue weighted by molar-refractivity contribution is 5.92. The van der Waals surface area contributed by atoms with E-state index in [-0.39, 0.29) is 11.3 Å². The van der Waals surface area contributed by atoms with E-state index in [0.29, 0.717) is 12.4 Å². The number of benzene rings is 2. The lowest BCUT2D eigenvalue weighted by molar-refractivity contribution is -0.440. The van der Waals surface area contributed by atoms with Crippen LogP contribution in [0.25, 0.3) is 0 Å². The van der Waals surface area contributed by atoms with Gasteiger partial charge in [-0.2, -0.15) is 57.1 Å². The van der Waals surface area contributed by atoms with E-state index in [1.165, 1.54) is 24.3 Å². The van der Waals surface area contributed by atoms with Gasteiger partial charge in [0, 0.05) is 0 Å². The van der Waals surface area contributed by atoms with Gasteiger partial charge >= 0.3 is 47.7 Å². The van der Waals surface area contributed by atoms with Crippen LogP contribution in [0.1, 0.15) is 59.7 Å². The fourth-order valence-electron chi connectivity index (χ4n) is 3.55. The first kappa shape index (κ1) is 38.5. The van der Waals surface area contributed by atoms with Crippen molar-refractivity contribution in [3.63, 3.8) is 0 Å². The lowest BCUT2D eigenvalue weighted by Gasteiger charge is -2.39. The summed E-state index contributed by atoms with van der Waals surface area (Å²) in [5.74, 6) is -39.7. The van der Waals surface area contributed by atoms with Gasteiger partial charge in [0.05, 0.1) is 30.8 Å². The summed E-state index contributed by atoms with van der Waals surface area (Å²) in [6.45, 7) is 0.649. The number of rotatable bonds is 16. The van der Waals surface area contributed by atoms with Gasteiger partial charge in [0.1, 0.15) is 11.5 Å². The maximum absolute atomic E-state index is 13.9. The van der Waals surface area contributed by atoms with Gasteiger partial charge in [0.2, 0.25) is 0 Å². The molecule has 0 unspecified atom stereocenters. The van der Waals surface area contributed by atoms with Crippen LogP contribution in [-0.2, 0) is 4.74 Å². The molecule has 5 nitrogen and oxygen atoms in total. The van der Waals surface area contributed by atoms with Crippen LogP contribution < -0.4 is 9.47 Å². The van der Waals surface area contributed by atoms with Crippen LogP contribution in [0.15, 0.2) is 48.5 Å². The standard InChI is InChI=1S/C28H25F13O5/c1-2-3-4-5-15-44-19-10-6-18(7-11-19)22(43)46-20-12-8-17(9-13-20)21(42)45-16-14-23(29,30)24(31,32)25(33,34)26(35,36)27(37,38)28(39,40)41/h6-13H,2-5,14-16H2,1H3. The molecule has 258 valence electrons. The van der Waals surface area contributed by atoms with Crippen LogP contribution in [0.3, 0.4) is 0 Å². The van der Waals surface area contributed by atoms with Gasteiger partial charge in [-0.3, -0.25) is 0 Å². The Labute approximate surface area is 252 Å². The van der Waals surface area contributed by atoms with Crippen molar-refractivity contribution in [3.8, 4) is 11.5 Å². The van der Waals surface area contributed by atoms with Crippen LogP contribution in [0, 0.1) is 0 Å². The lowest BCUT2D eigenvalue weighted by Crippen LogP contribution is -2.70. The molecule has 0 saturated heterocycles. The number of hydrogen-bond donors (Lipinski definition) is 0. The maximum Gasteiger partial charge on any atom is 0.460 e. The molecule has 2 rings (SSSR count). The van der Waals surface area contributed by atoms with Crippen molar-refractivity contribution >= 4 is 11.9 Å². The van der Waals surface area contributed by atoms with Crippen molar-refractivity contribution in [1.29, 1.82) is 0 Å². The highest BCUT2D eigenvalue weighted by Gasteiger charge is 2.90. The van der Waals surface area contributed by atoms with Crippen molar-refractivity contribution in [2.45, 2.75) is 74.8 Å². The third-order valence-corrected chi connectivity index (χ3v) is 6.30. The molecule has 46 heavy (non-hydrogen) atoms. The van der Waals surface area contributed by atoms with E-state index >= 15 is 0 Å². The average Bonchev–Trinajstić information content (AvgIpc) is 2.96. The van der Waals surface area contributed by atoms with E-state index in [9.17, 15) is 66.7 Å². The molecule has 0 aliphatic heterocycles. The van der Waals surface area contributed by atoms with Gasteiger partial charge in [-0.1, -0.05) is 26.2 Å². The Morgan fingerprint density at radius 1 is 0.565 bits per heavy atom. The number of alkyl halides is 13. The number of unbranched alkanes of at least 4 members (excludes halogenated alkanes) is 3. The first-order chi connectivity index (χ1) is 21.0. The van der Waals surface area contributed by atoms with E-state index in [1.54, 1.807) is 0 Å². The fraction of sp³-hybridized carbons (Fsp3) is 0.500. The van der Waals surface area contributed by atoms with Crippen LogP contribution in [0.5, 0.6) is 11.5 Å². The van der Waals surface area contributed by atoms with Gasteiger partial charge < -0.3 is 14.2 Å². The molecule has 0 radical (unpaired) electrons. The molecule has 0 N–H and O–H groups in total. The molecule has 0 aromatic heterocycles. The van der Waals surface area contributed by atoms with E-state index < -0.39 is 66.3 Å². The van der Waals surface area contributed by atoms with Crippen molar-refractivity contribution in [2.75, 3.05) is 13.2 Å². The largest absolute Gasteiger partial charge is 0.494 e. The Kier molecular flexibility index (Phi) is 12.0. The molecular weight excluding hydrogens is 663 g/mol. The van der Waals surface area contributed by atoms with E-state index in [2.05, 4.69) is 11.7 Å². The average molecular weight is 688 g/mol. The third kappa shape index (κ3) is 8.15. The molecule has 0 atom stereocenters. The summed E-state index contributed by atoms with van der Waals surface area (Å²) in [6, 6.07) is 9.67. The number of carbonyl (C=O) groups is 2. The normalized spacial score (nSPS) is 13.3. The summed E-state index contributed by atoms with van der Waals surface area (Å²) in [5, 5.41) is 0. The third-order valence-electron chi connectivity index (χ3n) is 6.30. The van der Waals surface area contributed by atoms with Crippen LogP contribution in [0.2, 0.25) is 0 Å². The predicted molar refractivity (Wildman–Crippen MR) is 133 cm³/mol. The summed E-state index contributed by atoms with van der Waals surface area (Å²) < 4.78 is 186. The van der Waals surface area contributed by atoms with E-state index in [0.717, 1.165) is 49.9 Å². The Morgan fingerprint density at radius 3 is 1.54 bits per heavy atom. The van der Waals surface area contributed by atoms with E-state index in [1.807, 2.05) is 0 Å². The summed E-state index contributed by atoms with van der Waals surface area (Å²) in [4.78, 5) is 24.4. The zero-order valence-corrected chi connectivity index (χ0v) is 23.5. The number of hydrogen-bond acceptors (Lipinski definition) is 5. The lowest BCUT2D eigenvalue weighted by atomic mass is 9.93. The zero-order chi connectivity index (χ0) is 35.2. The monoisotopic (exact) mass is 688 g/mol. The molecule has 0 bridgehead atoms. The molecule has 18 heteroatoms. The Hall–Kier alpha value is -3.73. The molecule has 0 spiro atoms. The first-order valence-electron chi connectivity index (χ1n) is 13.2. The molecule has 2 aromatic rings. The molecule has 0 saturated carbocycles. The smallest absolute Gasteiger partial charge is 0.460 e. The Morgan fingerprint density at radius 2 is 1.04 bits per heavy atom.